The molecule has 4 heterocycles. The standard InChI is InChI=1S/C19H24N6O/c1-14(2)17-9-18(19-22-21-13-25(19)23-17)24-8-4-6-16(11-24)26-12-15-5-3-7-20-10-15/h3,5,7,9-10,13-14,16H,4,6,8,11-12H2,1-2H3. The minimum absolute atomic E-state index is 0.197. The van der Waals surface area contributed by atoms with Crippen LogP contribution in [0, 0.1) is 0 Å². The van der Waals surface area contributed by atoms with Crippen LogP contribution in [-0.4, -0.2) is 44.0 Å². The molecule has 0 aromatic carbocycles. The van der Waals surface area contributed by atoms with E-state index in [1.165, 1.54) is 0 Å². The van der Waals surface area contributed by atoms with Gasteiger partial charge in [-0.25, -0.2) is 0 Å². The summed E-state index contributed by atoms with van der Waals surface area (Å²) in [7, 11) is 0. The molecule has 136 valence electrons. The summed E-state index contributed by atoms with van der Waals surface area (Å²) in [6.07, 6.45) is 7.68. The SMILES string of the molecule is CC(C)c1cc(N2CCCC(OCc3cccnc3)C2)c2nncn2n1. The van der Waals surface area contributed by atoms with Crippen molar-refractivity contribution >= 4 is 11.3 Å². The minimum atomic E-state index is 0.197. The molecular formula is C19H24N6O. The first kappa shape index (κ1) is 16.9. The second-order valence-corrected chi connectivity index (χ2v) is 7.09. The fourth-order valence-electron chi connectivity index (χ4n) is 3.34. The van der Waals surface area contributed by atoms with E-state index in [2.05, 4.69) is 45.1 Å². The van der Waals surface area contributed by atoms with E-state index >= 15 is 0 Å². The topological polar surface area (TPSA) is 68.4 Å². The van der Waals surface area contributed by atoms with E-state index < -0.39 is 0 Å². The number of piperidine rings is 1. The molecule has 0 spiro atoms. The second-order valence-electron chi connectivity index (χ2n) is 7.09. The average molecular weight is 352 g/mol. The Morgan fingerprint density at radius 1 is 1.35 bits per heavy atom. The van der Waals surface area contributed by atoms with Gasteiger partial charge in [-0.1, -0.05) is 19.9 Å². The molecule has 0 N–H and O–H groups in total. The number of pyridine rings is 1. The van der Waals surface area contributed by atoms with Crippen molar-refractivity contribution in [2.75, 3.05) is 18.0 Å². The van der Waals surface area contributed by atoms with E-state index in [0.29, 0.717) is 12.5 Å². The molecule has 1 atom stereocenters. The first-order valence-corrected chi connectivity index (χ1v) is 9.17. The fourth-order valence-corrected chi connectivity index (χ4v) is 3.34. The summed E-state index contributed by atoms with van der Waals surface area (Å²) in [6.45, 7) is 6.75. The Bertz CT molecular complexity index is 863. The Balaban J connectivity index is 1.52. The van der Waals surface area contributed by atoms with Crippen molar-refractivity contribution < 1.29 is 4.74 Å². The molecule has 0 aliphatic carbocycles. The molecule has 4 rings (SSSR count). The highest BCUT2D eigenvalue weighted by Crippen LogP contribution is 2.27. The van der Waals surface area contributed by atoms with Crippen molar-refractivity contribution in [2.45, 2.75) is 45.3 Å². The maximum atomic E-state index is 6.15. The lowest BCUT2D eigenvalue weighted by atomic mass is 10.1. The number of ether oxygens (including phenoxy) is 1. The van der Waals surface area contributed by atoms with E-state index in [1.54, 1.807) is 17.0 Å². The van der Waals surface area contributed by atoms with E-state index in [1.807, 2.05) is 18.3 Å². The van der Waals surface area contributed by atoms with Crippen molar-refractivity contribution in [2.24, 2.45) is 0 Å². The van der Waals surface area contributed by atoms with Crippen LogP contribution in [0.4, 0.5) is 5.69 Å². The third-order valence-corrected chi connectivity index (χ3v) is 4.79. The number of fused-ring (bicyclic) bond motifs is 1. The molecule has 3 aromatic heterocycles. The molecule has 26 heavy (non-hydrogen) atoms. The summed E-state index contributed by atoms with van der Waals surface area (Å²) in [4.78, 5) is 6.51. The third-order valence-electron chi connectivity index (χ3n) is 4.79. The van der Waals surface area contributed by atoms with E-state index in [9.17, 15) is 0 Å². The molecule has 0 radical (unpaired) electrons. The van der Waals surface area contributed by atoms with E-state index in [0.717, 1.165) is 48.5 Å². The minimum Gasteiger partial charge on any atom is -0.372 e. The van der Waals surface area contributed by atoms with Gasteiger partial charge in [0.2, 0.25) is 5.65 Å². The van der Waals surface area contributed by atoms with Gasteiger partial charge < -0.3 is 9.64 Å². The largest absolute Gasteiger partial charge is 0.372 e. The number of hydrogen-bond acceptors (Lipinski definition) is 6. The van der Waals surface area contributed by atoms with Crippen molar-refractivity contribution in [1.82, 2.24) is 24.8 Å². The van der Waals surface area contributed by atoms with Gasteiger partial charge in [-0.05, 0) is 36.5 Å². The van der Waals surface area contributed by atoms with Crippen LogP contribution in [0.25, 0.3) is 5.65 Å². The van der Waals surface area contributed by atoms with Gasteiger partial charge in [0.05, 0.1) is 24.1 Å². The van der Waals surface area contributed by atoms with E-state index in [4.69, 9.17) is 4.74 Å². The van der Waals surface area contributed by atoms with Gasteiger partial charge in [0.1, 0.15) is 6.33 Å². The molecule has 7 heteroatoms. The number of anilines is 1. The third kappa shape index (κ3) is 3.53. The van der Waals surface area contributed by atoms with Gasteiger partial charge in [0.15, 0.2) is 0 Å². The summed E-state index contributed by atoms with van der Waals surface area (Å²) < 4.78 is 7.93. The number of nitrogens with zero attached hydrogens (tertiary/aromatic N) is 6. The van der Waals surface area contributed by atoms with Crippen LogP contribution in [-0.2, 0) is 11.3 Å². The predicted molar refractivity (Wildman–Crippen MR) is 99.1 cm³/mol. The smallest absolute Gasteiger partial charge is 0.200 e. The summed E-state index contributed by atoms with van der Waals surface area (Å²) in [5.41, 5.74) is 4.05. The number of aromatic nitrogens is 5. The Morgan fingerprint density at radius 3 is 3.08 bits per heavy atom. The lowest BCUT2D eigenvalue weighted by molar-refractivity contribution is 0.0314. The molecule has 1 fully saturated rings. The summed E-state index contributed by atoms with van der Waals surface area (Å²) in [6, 6.07) is 6.14. The summed E-state index contributed by atoms with van der Waals surface area (Å²) in [5.74, 6) is 0.350. The average Bonchev–Trinajstić information content (AvgIpc) is 3.15. The Hall–Kier alpha value is -2.54. The van der Waals surface area contributed by atoms with Gasteiger partial charge in [-0.15, -0.1) is 10.2 Å². The zero-order valence-corrected chi connectivity index (χ0v) is 15.2. The normalized spacial score (nSPS) is 18.0. The van der Waals surface area contributed by atoms with Crippen LogP contribution in [0.15, 0.2) is 36.9 Å². The molecule has 0 bridgehead atoms. The molecule has 1 aliphatic rings. The summed E-state index contributed by atoms with van der Waals surface area (Å²) >= 11 is 0. The number of hydrogen-bond donors (Lipinski definition) is 0. The molecule has 0 amide bonds. The Kier molecular flexibility index (Phi) is 4.79. The van der Waals surface area contributed by atoms with Gasteiger partial charge in [-0.2, -0.15) is 9.61 Å². The Labute approximate surface area is 153 Å². The fraction of sp³-hybridized carbons (Fsp3) is 0.474. The second kappa shape index (κ2) is 7.37. The van der Waals surface area contributed by atoms with Crippen LogP contribution >= 0.6 is 0 Å². The highest BCUT2D eigenvalue weighted by molar-refractivity contribution is 5.68. The first-order valence-electron chi connectivity index (χ1n) is 9.17. The lowest BCUT2D eigenvalue weighted by Crippen LogP contribution is -2.40. The maximum absolute atomic E-state index is 6.15. The van der Waals surface area contributed by atoms with Crippen molar-refractivity contribution in [3.63, 3.8) is 0 Å². The van der Waals surface area contributed by atoms with Crippen LogP contribution in [0.5, 0.6) is 0 Å². The maximum Gasteiger partial charge on any atom is 0.200 e. The number of rotatable bonds is 5. The van der Waals surface area contributed by atoms with Crippen molar-refractivity contribution in [3.8, 4) is 0 Å². The highest BCUT2D eigenvalue weighted by Gasteiger charge is 2.24. The van der Waals surface area contributed by atoms with Crippen molar-refractivity contribution in [3.05, 3.63) is 48.2 Å². The van der Waals surface area contributed by atoms with Crippen LogP contribution in [0.3, 0.4) is 0 Å². The van der Waals surface area contributed by atoms with Gasteiger partial charge in [-0.3, -0.25) is 4.98 Å². The molecule has 1 saturated heterocycles. The zero-order valence-electron chi connectivity index (χ0n) is 15.2. The molecule has 7 nitrogen and oxygen atoms in total. The van der Waals surface area contributed by atoms with Crippen molar-refractivity contribution in [1.29, 1.82) is 0 Å². The Morgan fingerprint density at radius 2 is 2.27 bits per heavy atom. The predicted octanol–water partition coefficient (Wildman–Crippen LogP) is 2.83. The summed E-state index contributed by atoms with van der Waals surface area (Å²) in [5, 5.41) is 12.9. The van der Waals surface area contributed by atoms with E-state index in [-0.39, 0.29) is 6.10 Å². The molecule has 1 unspecified atom stereocenters. The van der Waals surface area contributed by atoms with Gasteiger partial charge in [0, 0.05) is 25.5 Å². The monoisotopic (exact) mass is 352 g/mol. The first-order chi connectivity index (χ1) is 12.7. The van der Waals surface area contributed by atoms with Gasteiger partial charge in [0.25, 0.3) is 0 Å². The molecule has 1 aliphatic heterocycles. The van der Waals surface area contributed by atoms with Gasteiger partial charge >= 0.3 is 0 Å². The molecular weight excluding hydrogens is 328 g/mol. The lowest BCUT2D eigenvalue weighted by Gasteiger charge is -2.34. The highest BCUT2D eigenvalue weighted by atomic mass is 16.5. The zero-order chi connectivity index (χ0) is 17.9. The van der Waals surface area contributed by atoms with Crippen LogP contribution < -0.4 is 4.90 Å². The molecule has 0 saturated carbocycles. The quantitative estimate of drug-likeness (QED) is 0.703. The van der Waals surface area contributed by atoms with Crippen LogP contribution in [0.2, 0.25) is 0 Å². The van der Waals surface area contributed by atoms with Crippen LogP contribution in [0.1, 0.15) is 43.9 Å². The molecule has 3 aromatic rings.